The highest BCUT2D eigenvalue weighted by atomic mass is 35.5. The number of amides is 1. The lowest BCUT2D eigenvalue weighted by atomic mass is 10.0. The predicted octanol–water partition coefficient (Wildman–Crippen LogP) is 2.77. The number of β-amino-alcohol motifs (C(OH)–C–C–N with tert-alkyl or cyclic N) is 1. The van der Waals surface area contributed by atoms with Gasteiger partial charge in [-0.3, -0.25) is 9.69 Å². The Labute approximate surface area is 262 Å². The van der Waals surface area contributed by atoms with Crippen molar-refractivity contribution in [2.75, 3.05) is 68.8 Å². The fraction of sp³-hybridized carbons (Fsp3) is 0.519. The summed E-state index contributed by atoms with van der Waals surface area (Å²) in [6, 6.07) is -0.301. The maximum absolute atomic E-state index is 13.0. The smallest absolute Gasteiger partial charge is 0.348 e. The third kappa shape index (κ3) is 6.89. The largest absolute Gasteiger partial charge is 0.477 e. The minimum Gasteiger partial charge on any atom is -0.477 e. The first-order valence-corrected chi connectivity index (χ1v) is 15.6. The summed E-state index contributed by atoms with van der Waals surface area (Å²) in [7, 11) is 0. The van der Waals surface area contributed by atoms with Crippen molar-refractivity contribution in [3.63, 3.8) is 0 Å². The highest BCUT2D eigenvalue weighted by Crippen LogP contribution is 2.35. The van der Waals surface area contributed by atoms with Gasteiger partial charge in [0.25, 0.3) is 5.91 Å². The fourth-order valence-electron chi connectivity index (χ4n) is 5.32. The van der Waals surface area contributed by atoms with Crippen LogP contribution in [0, 0.1) is 6.92 Å². The molecule has 0 radical (unpaired) electrons. The number of carbonyl (C=O) groups is 2. The summed E-state index contributed by atoms with van der Waals surface area (Å²) in [6.45, 7) is 8.91. The quantitative estimate of drug-likeness (QED) is 0.255. The van der Waals surface area contributed by atoms with Crippen molar-refractivity contribution in [1.82, 2.24) is 30.2 Å². The van der Waals surface area contributed by atoms with Crippen LogP contribution in [0.1, 0.15) is 39.2 Å². The summed E-state index contributed by atoms with van der Waals surface area (Å²) in [5.41, 5.74) is 1.45. The maximum Gasteiger partial charge on any atom is 0.348 e. The molecule has 0 spiro atoms. The van der Waals surface area contributed by atoms with E-state index in [-0.39, 0.29) is 45.9 Å². The molecule has 13 nitrogen and oxygen atoms in total. The third-order valence-electron chi connectivity index (χ3n) is 7.61. The van der Waals surface area contributed by atoms with Crippen molar-refractivity contribution in [3.8, 4) is 11.4 Å². The van der Waals surface area contributed by atoms with Crippen molar-refractivity contribution in [2.24, 2.45) is 0 Å². The standard InChI is InChI=1S/C27H34Cl2N8O5S/c1-3-42-18-14-37(5-4-16(18)33-25(39)23-21(29)20(28)15(2)32-23)27-34-22(24(43-27)26(40)41)17-12-31-19(13-30-17)36-8-6-35(7-9-36)10-11-38/h12-13,16,18,32,38H,3-11,14H2,1-2H3,(H,33,39)(H,40,41)/t16-,18+/m1/s1. The van der Waals surface area contributed by atoms with E-state index in [2.05, 4.69) is 35.1 Å². The molecule has 0 unspecified atom stereocenters. The van der Waals surface area contributed by atoms with E-state index in [9.17, 15) is 14.7 Å². The number of nitrogens with zero attached hydrogens (tertiary/aromatic N) is 6. The second-order valence-corrected chi connectivity index (χ2v) is 12.1. The summed E-state index contributed by atoms with van der Waals surface area (Å²) in [5.74, 6) is -0.756. The average molecular weight is 654 g/mol. The van der Waals surface area contributed by atoms with Crippen LogP contribution in [-0.4, -0.2) is 118 Å². The SMILES string of the molecule is CCO[C@H]1CN(c2nc(-c3cnc(N4CCN(CCO)CC4)cn3)c(C(=O)O)s2)CC[C@H]1NC(=O)c1[nH]c(C)c(Cl)c1Cl. The molecule has 2 atom stereocenters. The topological polar surface area (TPSA) is 160 Å². The van der Waals surface area contributed by atoms with Crippen LogP contribution in [0.4, 0.5) is 10.9 Å². The number of carbonyl (C=O) groups excluding carboxylic acids is 1. The van der Waals surface area contributed by atoms with Crippen LogP contribution >= 0.6 is 34.5 Å². The Morgan fingerprint density at radius 1 is 1.14 bits per heavy atom. The number of ether oxygens (including phenoxy) is 1. The lowest BCUT2D eigenvalue weighted by Gasteiger charge is -2.38. The zero-order chi connectivity index (χ0) is 30.7. The number of thiazole rings is 1. The number of rotatable bonds is 10. The van der Waals surface area contributed by atoms with Crippen LogP contribution in [0.3, 0.4) is 0 Å². The van der Waals surface area contributed by atoms with Crippen LogP contribution in [0.5, 0.6) is 0 Å². The molecule has 5 rings (SSSR count). The summed E-state index contributed by atoms with van der Waals surface area (Å²) in [4.78, 5) is 48.2. The van der Waals surface area contributed by atoms with Crippen molar-refractivity contribution in [2.45, 2.75) is 32.4 Å². The van der Waals surface area contributed by atoms with Gasteiger partial charge < -0.3 is 35.1 Å². The van der Waals surface area contributed by atoms with E-state index in [1.165, 1.54) is 0 Å². The number of aromatic carboxylic acids is 1. The fourth-order valence-corrected chi connectivity index (χ4v) is 6.68. The number of carboxylic acids is 1. The molecule has 5 heterocycles. The zero-order valence-corrected chi connectivity index (χ0v) is 26.2. The Kier molecular flexibility index (Phi) is 10.0. The molecule has 1 amide bonds. The van der Waals surface area contributed by atoms with Crippen LogP contribution in [-0.2, 0) is 4.74 Å². The lowest BCUT2D eigenvalue weighted by Crippen LogP contribution is -2.55. The Morgan fingerprint density at radius 3 is 2.51 bits per heavy atom. The molecule has 0 bridgehead atoms. The summed E-state index contributed by atoms with van der Waals surface area (Å²) >= 11 is 13.5. The second-order valence-electron chi connectivity index (χ2n) is 10.4. The molecule has 2 saturated heterocycles. The molecule has 2 aliphatic heterocycles. The molecular weight excluding hydrogens is 619 g/mol. The van der Waals surface area contributed by atoms with Gasteiger partial charge in [0.2, 0.25) is 0 Å². The van der Waals surface area contributed by atoms with E-state index in [0.717, 1.165) is 37.5 Å². The molecule has 2 aliphatic rings. The number of aromatic nitrogens is 4. The first kappa shape index (κ1) is 31.4. The highest BCUT2D eigenvalue weighted by molar-refractivity contribution is 7.17. The number of halogens is 2. The normalized spacial score (nSPS) is 19.6. The molecule has 0 saturated carbocycles. The van der Waals surface area contributed by atoms with E-state index in [1.54, 1.807) is 19.3 Å². The molecule has 2 fully saturated rings. The van der Waals surface area contributed by atoms with Crippen LogP contribution in [0.25, 0.3) is 11.4 Å². The number of hydrogen-bond acceptors (Lipinski definition) is 11. The number of aromatic amines is 1. The number of nitrogens with one attached hydrogen (secondary N) is 2. The van der Waals surface area contributed by atoms with Gasteiger partial charge in [0.1, 0.15) is 27.8 Å². The molecular formula is C27H34Cl2N8O5S. The Hall–Kier alpha value is -3.01. The number of hydrogen-bond donors (Lipinski definition) is 4. The number of aliphatic hydroxyl groups excluding tert-OH is 1. The van der Waals surface area contributed by atoms with Crippen molar-refractivity contribution in [1.29, 1.82) is 0 Å². The predicted molar refractivity (Wildman–Crippen MR) is 165 cm³/mol. The van der Waals surface area contributed by atoms with Gasteiger partial charge in [-0.1, -0.05) is 34.5 Å². The number of aryl methyl sites for hydroxylation is 1. The number of piperidine rings is 1. The molecule has 43 heavy (non-hydrogen) atoms. The minimum absolute atomic E-state index is 0.0756. The van der Waals surface area contributed by atoms with E-state index in [0.29, 0.717) is 60.0 Å². The van der Waals surface area contributed by atoms with Gasteiger partial charge in [-0.2, -0.15) is 0 Å². The van der Waals surface area contributed by atoms with Gasteiger partial charge in [-0.25, -0.2) is 19.7 Å². The van der Waals surface area contributed by atoms with Crippen LogP contribution in [0.15, 0.2) is 12.4 Å². The van der Waals surface area contributed by atoms with Crippen LogP contribution in [0.2, 0.25) is 10.0 Å². The number of anilines is 2. The van der Waals surface area contributed by atoms with Gasteiger partial charge in [-0.05, 0) is 20.3 Å². The van der Waals surface area contributed by atoms with Gasteiger partial charge >= 0.3 is 5.97 Å². The van der Waals surface area contributed by atoms with Crippen molar-refractivity contribution < 1.29 is 24.5 Å². The Morgan fingerprint density at radius 2 is 1.91 bits per heavy atom. The van der Waals surface area contributed by atoms with Crippen LogP contribution < -0.4 is 15.1 Å². The third-order valence-corrected chi connectivity index (χ3v) is 9.66. The van der Waals surface area contributed by atoms with E-state index in [4.69, 9.17) is 33.0 Å². The molecule has 3 aromatic heterocycles. The summed E-state index contributed by atoms with van der Waals surface area (Å²) < 4.78 is 6.00. The Balaban J connectivity index is 1.29. The Bertz CT molecular complexity index is 1440. The van der Waals surface area contributed by atoms with Gasteiger partial charge in [0.15, 0.2) is 5.13 Å². The molecule has 0 aliphatic carbocycles. The van der Waals surface area contributed by atoms with Crippen molar-refractivity contribution in [3.05, 3.63) is 38.7 Å². The van der Waals surface area contributed by atoms with Gasteiger partial charge in [0, 0.05) is 58.1 Å². The van der Waals surface area contributed by atoms with E-state index >= 15 is 0 Å². The molecule has 0 aromatic carbocycles. The maximum atomic E-state index is 13.0. The molecule has 16 heteroatoms. The number of piperazine rings is 1. The van der Waals surface area contributed by atoms with Gasteiger partial charge in [-0.15, -0.1) is 0 Å². The summed E-state index contributed by atoms with van der Waals surface area (Å²) in [5, 5.41) is 23.2. The zero-order valence-electron chi connectivity index (χ0n) is 23.8. The highest BCUT2D eigenvalue weighted by Gasteiger charge is 2.34. The number of aliphatic hydroxyl groups is 1. The van der Waals surface area contributed by atoms with E-state index < -0.39 is 5.97 Å². The first-order valence-electron chi connectivity index (χ1n) is 14.1. The van der Waals surface area contributed by atoms with E-state index in [1.807, 2.05) is 11.8 Å². The molecule has 4 N–H and O–H groups in total. The second kappa shape index (κ2) is 13.7. The lowest BCUT2D eigenvalue weighted by molar-refractivity contribution is 0.0272. The monoisotopic (exact) mass is 652 g/mol. The van der Waals surface area contributed by atoms with Gasteiger partial charge in [0.05, 0.1) is 41.2 Å². The molecule has 3 aromatic rings. The number of carboxylic acid groups (broad SMARTS) is 1. The minimum atomic E-state index is -1.09. The molecule has 232 valence electrons. The number of H-pyrrole nitrogens is 1. The first-order chi connectivity index (χ1) is 20.7. The average Bonchev–Trinajstić information content (AvgIpc) is 3.57. The summed E-state index contributed by atoms with van der Waals surface area (Å²) in [6.07, 6.45) is 3.38. The van der Waals surface area contributed by atoms with Crippen molar-refractivity contribution >= 4 is 57.4 Å².